The summed E-state index contributed by atoms with van der Waals surface area (Å²) in [5.74, 6) is -0.0535. The van der Waals surface area contributed by atoms with Crippen LogP contribution in [0.1, 0.15) is 19.3 Å². The van der Waals surface area contributed by atoms with E-state index in [0.29, 0.717) is 25.8 Å². The first-order valence-corrected chi connectivity index (χ1v) is 5.96. The SMILES string of the molecule is O=C=NCCCC(CN=C=O)CC(CN=C=O)N=C=O. The molecule has 0 rings (SSSR count). The van der Waals surface area contributed by atoms with Gasteiger partial charge in [0.2, 0.25) is 24.3 Å². The zero-order chi connectivity index (χ0) is 15.1. The Bertz CT molecular complexity index is 468. The van der Waals surface area contributed by atoms with E-state index in [9.17, 15) is 19.2 Å². The molecule has 0 heterocycles. The van der Waals surface area contributed by atoms with Gasteiger partial charge in [0, 0.05) is 0 Å². The topological polar surface area (TPSA) is 118 Å². The molecule has 0 aromatic heterocycles. The number of rotatable bonds is 11. The Morgan fingerprint density at radius 3 is 2.05 bits per heavy atom. The van der Waals surface area contributed by atoms with Crippen molar-refractivity contribution in [1.29, 1.82) is 0 Å². The molecule has 0 radical (unpaired) electrons. The zero-order valence-electron chi connectivity index (χ0n) is 10.8. The Morgan fingerprint density at radius 2 is 1.45 bits per heavy atom. The van der Waals surface area contributed by atoms with Crippen LogP contribution in [0.15, 0.2) is 20.0 Å². The summed E-state index contributed by atoms with van der Waals surface area (Å²) in [5, 5.41) is 0. The number of hydrogen-bond acceptors (Lipinski definition) is 8. The second-order valence-corrected chi connectivity index (χ2v) is 3.96. The molecule has 0 aliphatic rings. The van der Waals surface area contributed by atoms with Crippen molar-refractivity contribution in [2.24, 2.45) is 25.9 Å². The standard InChI is InChI=1S/C12H14N4O4/c17-7-13-3-1-2-11(5-14-8-18)4-12(16-10-20)6-15-9-19/h11-12H,1-6H2. The molecule has 0 aliphatic heterocycles. The smallest absolute Gasteiger partial charge is 0.211 e. The number of aliphatic imine (C=N–C) groups is 4. The van der Waals surface area contributed by atoms with E-state index < -0.39 is 6.04 Å². The Balaban J connectivity index is 4.54. The van der Waals surface area contributed by atoms with E-state index in [1.54, 1.807) is 0 Å². The van der Waals surface area contributed by atoms with Gasteiger partial charge >= 0.3 is 0 Å². The molecule has 0 bridgehead atoms. The van der Waals surface area contributed by atoms with E-state index in [4.69, 9.17) is 0 Å². The highest BCUT2D eigenvalue weighted by atomic mass is 16.1. The van der Waals surface area contributed by atoms with Gasteiger partial charge in [-0.15, -0.1) is 0 Å². The number of isocyanates is 4. The molecule has 2 unspecified atom stereocenters. The highest BCUT2D eigenvalue weighted by molar-refractivity contribution is 5.35. The van der Waals surface area contributed by atoms with Crippen molar-refractivity contribution in [2.45, 2.75) is 25.3 Å². The molecule has 0 saturated heterocycles. The second-order valence-electron chi connectivity index (χ2n) is 3.96. The second kappa shape index (κ2) is 13.0. The van der Waals surface area contributed by atoms with Gasteiger partial charge in [0.15, 0.2) is 0 Å². The lowest BCUT2D eigenvalue weighted by atomic mass is 9.95. The third-order valence-electron chi connectivity index (χ3n) is 2.57. The van der Waals surface area contributed by atoms with Gasteiger partial charge in [-0.2, -0.15) is 0 Å². The first-order valence-electron chi connectivity index (χ1n) is 5.96. The van der Waals surface area contributed by atoms with Gasteiger partial charge in [-0.1, -0.05) is 0 Å². The van der Waals surface area contributed by atoms with Crippen molar-refractivity contribution in [2.75, 3.05) is 19.6 Å². The molecule has 0 fully saturated rings. The summed E-state index contributed by atoms with van der Waals surface area (Å²) in [5.41, 5.74) is 0. The van der Waals surface area contributed by atoms with Crippen LogP contribution in [0, 0.1) is 5.92 Å². The maximum atomic E-state index is 10.3. The Morgan fingerprint density at radius 1 is 0.800 bits per heavy atom. The summed E-state index contributed by atoms with van der Waals surface area (Å²) in [6.45, 7) is 0.593. The van der Waals surface area contributed by atoms with Gasteiger partial charge in [0.1, 0.15) is 0 Å². The maximum Gasteiger partial charge on any atom is 0.235 e. The fraction of sp³-hybridized carbons (Fsp3) is 0.667. The molecular formula is C12H14N4O4. The van der Waals surface area contributed by atoms with Crippen LogP contribution < -0.4 is 0 Å². The van der Waals surface area contributed by atoms with Crippen LogP contribution in [0.2, 0.25) is 0 Å². The largest absolute Gasteiger partial charge is 0.235 e. The van der Waals surface area contributed by atoms with Crippen molar-refractivity contribution < 1.29 is 19.2 Å². The summed E-state index contributed by atoms with van der Waals surface area (Å²) < 4.78 is 0. The van der Waals surface area contributed by atoms with Crippen LogP contribution in [0.25, 0.3) is 0 Å². The minimum Gasteiger partial charge on any atom is -0.211 e. The van der Waals surface area contributed by atoms with Gasteiger partial charge in [-0.25, -0.2) is 39.1 Å². The summed E-state index contributed by atoms with van der Waals surface area (Å²) in [6.07, 6.45) is 7.33. The molecule has 0 saturated carbocycles. The Kier molecular flexibility index (Phi) is 11.4. The van der Waals surface area contributed by atoms with Gasteiger partial charge < -0.3 is 0 Å². The van der Waals surface area contributed by atoms with Crippen LogP contribution in [-0.4, -0.2) is 50.0 Å². The molecule has 20 heavy (non-hydrogen) atoms. The number of hydrogen-bond donors (Lipinski definition) is 0. The van der Waals surface area contributed by atoms with Gasteiger partial charge in [-0.05, 0) is 25.2 Å². The Hall–Kier alpha value is -2.48. The predicted octanol–water partition coefficient (Wildman–Crippen LogP) is 0.485. The summed E-state index contributed by atoms with van der Waals surface area (Å²) in [7, 11) is 0. The highest BCUT2D eigenvalue weighted by Crippen LogP contribution is 2.16. The molecule has 106 valence electrons. The molecule has 8 heteroatoms. The fourth-order valence-electron chi connectivity index (χ4n) is 1.72. The molecule has 0 N–H and O–H groups in total. The number of carbonyl (C=O) groups excluding carboxylic acids is 4. The molecule has 0 aliphatic carbocycles. The maximum absolute atomic E-state index is 10.3. The molecular weight excluding hydrogens is 264 g/mol. The van der Waals surface area contributed by atoms with E-state index in [2.05, 4.69) is 20.0 Å². The first kappa shape index (κ1) is 17.5. The molecule has 0 aromatic rings. The van der Waals surface area contributed by atoms with Crippen molar-refractivity contribution in [1.82, 2.24) is 0 Å². The normalized spacial score (nSPS) is 11.8. The predicted molar refractivity (Wildman–Crippen MR) is 68.2 cm³/mol. The van der Waals surface area contributed by atoms with Crippen LogP contribution in [0.4, 0.5) is 0 Å². The molecule has 0 aromatic carbocycles. The Labute approximate surface area is 115 Å². The minimum absolute atomic E-state index is 0.0343. The summed E-state index contributed by atoms with van der Waals surface area (Å²) in [6, 6.07) is -0.504. The zero-order valence-corrected chi connectivity index (χ0v) is 10.8. The van der Waals surface area contributed by atoms with Crippen molar-refractivity contribution in [3.05, 3.63) is 0 Å². The van der Waals surface area contributed by atoms with Crippen molar-refractivity contribution >= 4 is 24.3 Å². The summed E-state index contributed by atoms with van der Waals surface area (Å²) in [4.78, 5) is 54.3. The van der Waals surface area contributed by atoms with Crippen LogP contribution in [0.3, 0.4) is 0 Å². The van der Waals surface area contributed by atoms with E-state index in [1.165, 1.54) is 24.3 Å². The quantitative estimate of drug-likeness (QED) is 0.310. The minimum atomic E-state index is -0.504. The van der Waals surface area contributed by atoms with Gasteiger partial charge in [-0.3, -0.25) is 0 Å². The van der Waals surface area contributed by atoms with Crippen molar-refractivity contribution in [3.8, 4) is 0 Å². The summed E-state index contributed by atoms with van der Waals surface area (Å²) >= 11 is 0. The third-order valence-corrected chi connectivity index (χ3v) is 2.57. The van der Waals surface area contributed by atoms with Crippen molar-refractivity contribution in [3.63, 3.8) is 0 Å². The lowest BCUT2D eigenvalue weighted by Crippen LogP contribution is -2.17. The average Bonchev–Trinajstić information content (AvgIpc) is 2.46. The van der Waals surface area contributed by atoms with E-state index in [0.717, 1.165) is 0 Å². The van der Waals surface area contributed by atoms with Gasteiger partial charge in [0.25, 0.3) is 0 Å². The lowest BCUT2D eigenvalue weighted by molar-refractivity contribution is 0.408. The molecule has 2 atom stereocenters. The first-order chi connectivity index (χ1) is 9.78. The highest BCUT2D eigenvalue weighted by Gasteiger charge is 2.16. The van der Waals surface area contributed by atoms with Crippen LogP contribution >= 0.6 is 0 Å². The van der Waals surface area contributed by atoms with Crippen LogP contribution in [-0.2, 0) is 19.2 Å². The molecule has 0 amide bonds. The van der Waals surface area contributed by atoms with Crippen LogP contribution in [0.5, 0.6) is 0 Å². The molecule has 8 nitrogen and oxygen atoms in total. The monoisotopic (exact) mass is 278 g/mol. The third kappa shape index (κ3) is 9.54. The lowest BCUT2D eigenvalue weighted by Gasteiger charge is -2.16. The van der Waals surface area contributed by atoms with E-state index in [-0.39, 0.29) is 19.0 Å². The van der Waals surface area contributed by atoms with E-state index >= 15 is 0 Å². The molecule has 0 spiro atoms. The fourth-order valence-corrected chi connectivity index (χ4v) is 1.72. The number of nitrogens with zero attached hydrogens (tertiary/aromatic N) is 4. The van der Waals surface area contributed by atoms with Gasteiger partial charge in [0.05, 0.1) is 25.7 Å². The average molecular weight is 278 g/mol. The van der Waals surface area contributed by atoms with E-state index in [1.807, 2.05) is 0 Å².